The Morgan fingerprint density at radius 2 is 1.35 bits per heavy atom. The van der Waals surface area contributed by atoms with Crippen molar-refractivity contribution in [2.45, 2.75) is 13.3 Å². The molecule has 132 valence electrons. The standard InChI is InChI=1S/C23H23OPS/c1-20-15-17-21(18-16-20)10-8-9-19-26-25(24,22-11-4-2-5-12-22)23-13-6-3-7-14-23/h2-8,10-18H,9,19H2,1H3/b10-8+. The summed E-state index contributed by atoms with van der Waals surface area (Å²) in [5, 5.41) is 1.83. The fourth-order valence-electron chi connectivity index (χ4n) is 2.69. The molecule has 0 aliphatic carbocycles. The molecular weight excluding hydrogens is 355 g/mol. The summed E-state index contributed by atoms with van der Waals surface area (Å²) in [5.74, 6) is 0.823. The second-order valence-corrected chi connectivity index (χ2v) is 11.3. The second-order valence-electron chi connectivity index (χ2n) is 6.16. The first-order valence-corrected chi connectivity index (χ1v) is 12.1. The van der Waals surface area contributed by atoms with E-state index in [9.17, 15) is 4.57 Å². The molecule has 0 unspecified atom stereocenters. The minimum atomic E-state index is -2.66. The highest BCUT2D eigenvalue weighted by Crippen LogP contribution is 2.56. The van der Waals surface area contributed by atoms with Crippen molar-refractivity contribution < 1.29 is 4.57 Å². The van der Waals surface area contributed by atoms with Gasteiger partial charge in [-0.25, -0.2) is 0 Å². The van der Waals surface area contributed by atoms with Crippen LogP contribution in [0.5, 0.6) is 0 Å². The molecule has 3 aromatic carbocycles. The molecule has 0 bridgehead atoms. The molecule has 3 rings (SSSR count). The molecular formula is C23H23OPS. The van der Waals surface area contributed by atoms with Gasteiger partial charge in [-0.3, -0.25) is 0 Å². The lowest BCUT2D eigenvalue weighted by Gasteiger charge is -2.18. The number of benzene rings is 3. The minimum Gasteiger partial charge on any atom is -0.302 e. The highest BCUT2D eigenvalue weighted by atomic mass is 32.7. The summed E-state index contributed by atoms with van der Waals surface area (Å²) in [6.45, 7) is 2.09. The van der Waals surface area contributed by atoms with E-state index >= 15 is 0 Å². The van der Waals surface area contributed by atoms with E-state index in [0.717, 1.165) is 22.8 Å². The predicted octanol–water partition coefficient (Wildman–Crippen LogP) is 6.06. The normalized spacial score (nSPS) is 11.7. The molecule has 0 heterocycles. The van der Waals surface area contributed by atoms with Gasteiger partial charge in [-0.1, -0.05) is 114 Å². The highest BCUT2D eigenvalue weighted by Gasteiger charge is 2.27. The van der Waals surface area contributed by atoms with E-state index in [-0.39, 0.29) is 0 Å². The Hall–Kier alpha value is -2.02. The number of rotatable bonds is 7. The van der Waals surface area contributed by atoms with E-state index in [1.54, 1.807) is 11.4 Å². The van der Waals surface area contributed by atoms with Gasteiger partial charge >= 0.3 is 0 Å². The van der Waals surface area contributed by atoms with E-state index in [2.05, 4.69) is 43.3 Å². The topological polar surface area (TPSA) is 17.1 Å². The lowest BCUT2D eigenvalue weighted by atomic mass is 10.1. The van der Waals surface area contributed by atoms with Gasteiger partial charge in [0.05, 0.1) is 0 Å². The molecule has 0 aliphatic heterocycles. The zero-order chi connectivity index (χ0) is 18.2. The fourth-order valence-corrected chi connectivity index (χ4v) is 7.63. The molecule has 0 amide bonds. The smallest absolute Gasteiger partial charge is 0.195 e. The van der Waals surface area contributed by atoms with Gasteiger partial charge in [0, 0.05) is 16.4 Å². The largest absolute Gasteiger partial charge is 0.302 e. The van der Waals surface area contributed by atoms with Crippen molar-refractivity contribution in [2.75, 3.05) is 5.75 Å². The third-order valence-electron chi connectivity index (χ3n) is 4.14. The lowest BCUT2D eigenvalue weighted by molar-refractivity contribution is 0.595. The van der Waals surface area contributed by atoms with Crippen molar-refractivity contribution in [3.05, 3.63) is 102 Å². The van der Waals surface area contributed by atoms with Crippen LogP contribution in [0.4, 0.5) is 0 Å². The summed E-state index contributed by atoms with van der Waals surface area (Å²) in [6, 6.07) is 28.2. The Morgan fingerprint density at radius 3 is 1.88 bits per heavy atom. The Labute approximate surface area is 160 Å². The van der Waals surface area contributed by atoms with Crippen LogP contribution < -0.4 is 10.6 Å². The summed E-state index contributed by atoms with van der Waals surface area (Å²) in [7, 11) is 0. The van der Waals surface area contributed by atoms with Gasteiger partial charge in [0.15, 0.2) is 6.34 Å². The van der Waals surface area contributed by atoms with E-state index in [1.807, 2.05) is 60.7 Å². The molecule has 0 aromatic heterocycles. The fraction of sp³-hybridized carbons (Fsp3) is 0.130. The predicted molar refractivity (Wildman–Crippen MR) is 117 cm³/mol. The third kappa shape index (κ3) is 4.78. The van der Waals surface area contributed by atoms with Gasteiger partial charge in [0.2, 0.25) is 0 Å². The molecule has 0 N–H and O–H groups in total. The molecule has 0 radical (unpaired) electrons. The summed E-state index contributed by atoms with van der Waals surface area (Å²) in [6.07, 6.45) is 2.53. The number of hydrogen-bond donors (Lipinski definition) is 0. The maximum absolute atomic E-state index is 13.8. The molecule has 1 nitrogen and oxygen atoms in total. The van der Waals surface area contributed by atoms with Crippen LogP contribution in [0, 0.1) is 6.92 Å². The zero-order valence-electron chi connectivity index (χ0n) is 14.9. The number of allylic oxidation sites excluding steroid dienone is 1. The van der Waals surface area contributed by atoms with Gasteiger partial charge in [-0.2, -0.15) is 0 Å². The van der Waals surface area contributed by atoms with E-state index in [4.69, 9.17) is 0 Å². The Balaban J connectivity index is 1.69. The van der Waals surface area contributed by atoms with Gasteiger partial charge in [-0.15, -0.1) is 0 Å². The minimum absolute atomic E-state index is 0.823. The van der Waals surface area contributed by atoms with E-state index < -0.39 is 6.34 Å². The molecule has 0 atom stereocenters. The first-order valence-electron chi connectivity index (χ1n) is 8.77. The van der Waals surface area contributed by atoms with Gasteiger partial charge in [0.1, 0.15) is 0 Å². The first-order chi connectivity index (χ1) is 12.7. The van der Waals surface area contributed by atoms with Crippen LogP contribution in [0.2, 0.25) is 0 Å². The molecule has 0 aliphatic rings. The van der Waals surface area contributed by atoms with Crippen molar-refractivity contribution in [2.24, 2.45) is 0 Å². The SMILES string of the molecule is Cc1ccc(/C=C/CCSP(=O)(c2ccccc2)c2ccccc2)cc1. The number of hydrogen-bond acceptors (Lipinski definition) is 2. The molecule has 26 heavy (non-hydrogen) atoms. The lowest BCUT2D eigenvalue weighted by Crippen LogP contribution is -2.13. The Bertz CT molecular complexity index is 843. The van der Waals surface area contributed by atoms with Crippen LogP contribution in [0.25, 0.3) is 6.08 Å². The van der Waals surface area contributed by atoms with Crippen molar-refractivity contribution in [3.8, 4) is 0 Å². The maximum atomic E-state index is 13.8. The van der Waals surface area contributed by atoms with Crippen LogP contribution in [0.3, 0.4) is 0 Å². The van der Waals surface area contributed by atoms with E-state index in [1.165, 1.54) is 11.1 Å². The van der Waals surface area contributed by atoms with Gasteiger partial charge < -0.3 is 4.57 Å². The Kier molecular flexibility index (Phi) is 6.55. The highest BCUT2D eigenvalue weighted by molar-refractivity contribution is 8.62. The average Bonchev–Trinajstić information content (AvgIpc) is 2.70. The summed E-state index contributed by atoms with van der Waals surface area (Å²) >= 11 is 1.57. The molecule has 3 heteroatoms. The van der Waals surface area contributed by atoms with Gasteiger partial charge in [-0.05, 0) is 18.9 Å². The van der Waals surface area contributed by atoms with Crippen molar-refractivity contribution in [3.63, 3.8) is 0 Å². The quantitative estimate of drug-likeness (QED) is 0.367. The third-order valence-corrected chi connectivity index (χ3v) is 9.78. The summed E-state index contributed by atoms with van der Waals surface area (Å²) in [4.78, 5) is 0. The zero-order valence-corrected chi connectivity index (χ0v) is 16.6. The van der Waals surface area contributed by atoms with Crippen molar-refractivity contribution >= 4 is 34.4 Å². The summed E-state index contributed by atoms with van der Waals surface area (Å²) in [5.41, 5.74) is 2.47. The van der Waals surface area contributed by atoms with Crippen LogP contribution in [-0.2, 0) is 4.57 Å². The molecule has 0 saturated heterocycles. The number of aryl methyl sites for hydroxylation is 1. The molecule has 0 spiro atoms. The van der Waals surface area contributed by atoms with Gasteiger partial charge in [0.25, 0.3) is 0 Å². The van der Waals surface area contributed by atoms with Crippen molar-refractivity contribution in [1.82, 2.24) is 0 Å². The Morgan fingerprint density at radius 1 is 0.808 bits per heavy atom. The monoisotopic (exact) mass is 378 g/mol. The second kappa shape index (κ2) is 9.07. The van der Waals surface area contributed by atoms with Crippen LogP contribution >= 0.6 is 17.7 Å². The maximum Gasteiger partial charge on any atom is 0.195 e. The molecule has 0 saturated carbocycles. The van der Waals surface area contributed by atoms with Crippen LogP contribution in [0.1, 0.15) is 17.5 Å². The van der Waals surface area contributed by atoms with Crippen LogP contribution in [0.15, 0.2) is 91.0 Å². The van der Waals surface area contributed by atoms with Crippen molar-refractivity contribution in [1.29, 1.82) is 0 Å². The molecule has 3 aromatic rings. The molecule has 0 fully saturated rings. The first kappa shape index (κ1) is 18.8. The summed E-state index contributed by atoms with van der Waals surface area (Å²) < 4.78 is 13.8. The average molecular weight is 378 g/mol. The van der Waals surface area contributed by atoms with E-state index in [0.29, 0.717) is 0 Å². The van der Waals surface area contributed by atoms with Crippen LogP contribution in [-0.4, -0.2) is 5.75 Å².